The fourth-order valence-corrected chi connectivity index (χ4v) is 3.02. The van der Waals surface area contributed by atoms with Crippen molar-refractivity contribution in [2.45, 2.75) is 13.0 Å². The Balaban J connectivity index is 1.83. The molecule has 1 aliphatic heterocycles. The first-order valence-electron chi connectivity index (χ1n) is 7.79. The average molecular weight is 310 g/mol. The van der Waals surface area contributed by atoms with Crippen molar-refractivity contribution in [2.75, 3.05) is 46.4 Å². The summed E-state index contributed by atoms with van der Waals surface area (Å²) in [5, 5.41) is 22.6. The lowest BCUT2D eigenvalue weighted by Crippen LogP contribution is -2.33. The Morgan fingerprint density at radius 2 is 2.14 bits per heavy atom. The van der Waals surface area contributed by atoms with E-state index in [-0.39, 0.29) is 31.0 Å². The van der Waals surface area contributed by atoms with Gasteiger partial charge in [-0.2, -0.15) is 5.10 Å². The van der Waals surface area contributed by atoms with Gasteiger partial charge in [-0.1, -0.05) is 0 Å². The first-order valence-corrected chi connectivity index (χ1v) is 7.79. The Kier molecular flexibility index (Phi) is 6.35. The predicted octanol–water partition coefficient (Wildman–Crippen LogP) is -0.736. The zero-order valence-electron chi connectivity index (χ0n) is 13.1. The van der Waals surface area contributed by atoms with Crippen LogP contribution in [-0.2, 0) is 11.3 Å². The summed E-state index contributed by atoms with van der Waals surface area (Å²) >= 11 is 0. The van der Waals surface area contributed by atoms with Crippen LogP contribution in [0.15, 0.2) is 18.5 Å². The van der Waals surface area contributed by atoms with Crippen LogP contribution in [0.5, 0.6) is 0 Å². The molecule has 1 amide bonds. The van der Waals surface area contributed by atoms with Gasteiger partial charge in [0.05, 0.1) is 6.61 Å². The van der Waals surface area contributed by atoms with Gasteiger partial charge in [-0.15, -0.1) is 0 Å². The maximum Gasteiger partial charge on any atom is 0.224 e. The second-order valence-corrected chi connectivity index (χ2v) is 6.01. The number of aliphatic hydroxyl groups is 2. The lowest BCUT2D eigenvalue weighted by molar-refractivity contribution is -0.130. The molecule has 0 aliphatic carbocycles. The second-order valence-electron chi connectivity index (χ2n) is 6.01. The molecule has 124 valence electrons. The van der Waals surface area contributed by atoms with Crippen molar-refractivity contribution in [3.63, 3.8) is 0 Å². The average Bonchev–Trinajstić information content (AvgIpc) is 3.14. The molecule has 2 rings (SSSR count). The molecule has 2 heterocycles. The number of carbonyl (C=O) groups excluding carboxylic acids is 1. The van der Waals surface area contributed by atoms with E-state index in [4.69, 9.17) is 5.11 Å². The molecule has 0 unspecified atom stereocenters. The van der Waals surface area contributed by atoms with Crippen LogP contribution in [0.1, 0.15) is 6.42 Å². The number of aryl methyl sites for hydroxylation is 1. The van der Waals surface area contributed by atoms with Gasteiger partial charge in [0.25, 0.3) is 0 Å². The molecule has 1 aromatic heterocycles. The largest absolute Gasteiger partial charge is 0.396 e. The molecular formula is C15H26N4O3. The fraction of sp³-hybridized carbons (Fsp3) is 0.733. The minimum atomic E-state index is 0.0978. The zero-order chi connectivity index (χ0) is 15.9. The van der Waals surface area contributed by atoms with Gasteiger partial charge in [0.2, 0.25) is 5.91 Å². The third-order valence-corrected chi connectivity index (χ3v) is 4.31. The van der Waals surface area contributed by atoms with Crippen LogP contribution in [0.2, 0.25) is 0 Å². The molecule has 0 spiro atoms. The topological polar surface area (TPSA) is 81.8 Å². The van der Waals surface area contributed by atoms with Gasteiger partial charge in [0.1, 0.15) is 0 Å². The van der Waals surface area contributed by atoms with Crippen LogP contribution in [-0.4, -0.2) is 82.1 Å². The van der Waals surface area contributed by atoms with Gasteiger partial charge < -0.3 is 20.0 Å². The van der Waals surface area contributed by atoms with E-state index in [0.717, 1.165) is 6.54 Å². The van der Waals surface area contributed by atoms with E-state index in [9.17, 15) is 9.90 Å². The summed E-state index contributed by atoms with van der Waals surface area (Å²) in [7, 11) is 1.95. The number of rotatable bonds is 8. The quantitative estimate of drug-likeness (QED) is 0.661. The van der Waals surface area contributed by atoms with E-state index in [1.807, 2.05) is 29.1 Å². The van der Waals surface area contributed by atoms with E-state index in [0.29, 0.717) is 32.6 Å². The molecule has 7 heteroatoms. The number of aliphatic hydroxyl groups excluding tert-OH is 2. The van der Waals surface area contributed by atoms with Crippen molar-refractivity contribution in [2.24, 2.45) is 11.8 Å². The van der Waals surface area contributed by atoms with Gasteiger partial charge in [-0.05, 0) is 19.0 Å². The Morgan fingerprint density at radius 3 is 2.77 bits per heavy atom. The smallest absolute Gasteiger partial charge is 0.224 e. The number of aromatic nitrogens is 2. The van der Waals surface area contributed by atoms with Crippen molar-refractivity contribution in [1.29, 1.82) is 0 Å². The van der Waals surface area contributed by atoms with Crippen molar-refractivity contribution in [1.82, 2.24) is 19.6 Å². The van der Waals surface area contributed by atoms with Crippen LogP contribution < -0.4 is 0 Å². The highest BCUT2D eigenvalue weighted by Crippen LogP contribution is 2.24. The number of likely N-dealkylation sites (tertiary alicyclic amines) is 1. The number of nitrogens with zero attached hydrogens (tertiary/aromatic N) is 4. The van der Waals surface area contributed by atoms with E-state index in [2.05, 4.69) is 5.10 Å². The molecule has 0 aromatic carbocycles. The SMILES string of the molecule is CN(CCO)C[C@@H]1CN(C(=O)CCn2cccn2)C[C@@H]1CO. The van der Waals surface area contributed by atoms with E-state index < -0.39 is 0 Å². The van der Waals surface area contributed by atoms with Crippen LogP contribution >= 0.6 is 0 Å². The molecule has 22 heavy (non-hydrogen) atoms. The van der Waals surface area contributed by atoms with Crippen molar-refractivity contribution < 1.29 is 15.0 Å². The Hall–Kier alpha value is -1.44. The number of hydrogen-bond donors (Lipinski definition) is 2. The van der Waals surface area contributed by atoms with Gasteiger partial charge >= 0.3 is 0 Å². The third kappa shape index (κ3) is 4.53. The summed E-state index contributed by atoms with van der Waals surface area (Å²) in [6.45, 7) is 3.50. The Morgan fingerprint density at radius 1 is 1.36 bits per heavy atom. The maximum absolute atomic E-state index is 12.3. The first-order chi connectivity index (χ1) is 10.6. The van der Waals surface area contributed by atoms with Gasteiger partial charge in [0, 0.05) is 64.1 Å². The predicted molar refractivity (Wildman–Crippen MR) is 82.1 cm³/mol. The van der Waals surface area contributed by atoms with Crippen LogP contribution in [0.25, 0.3) is 0 Å². The normalized spacial score (nSPS) is 21.7. The molecule has 1 aliphatic rings. The van der Waals surface area contributed by atoms with Crippen molar-refractivity contribution >= 4 is 5.91 Å². The minimum absolute atomic E-state index is 0.0978. The number of amides is 1. The summed E-state index contributed by atoms with van der Waals surface area (Å²) in [6.07, 6.45) is 3.98. The molecule has 1 saturated heterocycles. The first kappa shape index (κ1) is 16.9. The molecule has 0 bridgehead atoms. The van der Waals surface area contributed by atoms with Gasteiger partial charge in [-0.25, -0.2) is 0 Å². The summed E-state index contributed by atoms with van der Waals surface area (Å²) in [6, 6.07) is 1.84. The van der Waals surface area contributed by atoms with Crippen LogP contribution in [0, 0.1) is 11.8 Å². The zero-order valence-corrected chi connectivity index (χ0v) is 13.1. The fourth-order valence-electron chi connectivity index (χ4n) is 3.02. The number of likely N-dealkylation sites (N-methyl/N-ethyl adjacent to an activating group) is 1. The standard InChI is InChI=1S/C15H26N4O3/c1-17(7-8-20)9-13-10-18(11-14(13)12-21)15(22)3-6-19-5-2-4-16-19/h2,4-5,13-14,20-21H,3,6-12H2,1H3/t13-,14-/m1/s1. The Bertz CT molecular complexity index is 452. The molecule has 1 aromatic rings. The number of hydrogen-bond acceptors (Lipinski definition) is 5. The van der Waals surface area contributed by atoms with E-state index in [1.54, 1.807) is 10.9 Å². The van der Waals surface area contributed by atoms with E-state index in [1.165, 1.54) is 0 Å². The summed E-state index contributed by atoms with van der Waals surface area (Å²) in [5.41, 5.74) is 0. The van der Waals surface area contributed by atoms with Crippen LogP contribution in [0.4, 0.5) is 0 Å². The molecule has 0 saturated carbocycles. The van der Waals surface area contributed by atoms with Gasteiger partial charge in [0.15, 0.2) is 0 Å². The van der Waals surface area contributed by atoms with Crippen molar-refractivity contribution in [3.05, 3.63) is 18.5 Å². The highest BCUT2D eigenvalue weighted by molar-refractivity contribution is 5.76. The minimum Gasteiger partial charge on any atom is -0.396 e. The lowest BCUT2D eigenvalue weighted by Gasteiger charge is -2.23. The molecule has 7 nitrogen and oxygen atoms in total. The second kappa shape index (κ2) is 8.26. The van der Waals surface area contributed by atoms with E-state index >= 15 is 0 Å². The number of carbonyl (C=O) groups is 1. The summed E-state index contributed by atoms with van der Waals surface area (Å²) in [4.78, 5) is 16.2. The summed E-state index contributed by atoms with van der Waals surface area (Å²) in [5.74, 6) is 0.492. The monoisotopic (exact) mass is 310 g/mol. The molecule has 2 N–H and O–H groups in total. The molecular weight excluding hydrogens is 284 g/mol. The van der Waals surface area contributed by atoms with Crippen LogP contribution in [0.3, 0.4) is 0 Å². The van der Waals surface area contributed by atoms with Gasteiger partial charge in [-0.3, -0.25) is 9.48 Å². The highest BCUT2D eigenvalue weighted by Gasteiger charge is 2.34. The maximum atomic E-state index is 12.3. The molecule has 0 radical (unpaired) electrons. The van der Waals surface area contributed by atoms with Crippen molar-refractivity contribution in [3.8, 4) is 0 Å². The summed E-state index contributed by atoms with van der Waals surface area (Å²) < 4.78 is 1.75. The Labute approximate surface area is 131 Å². The third-order valence-electron chi connectivity index (χ3n) is 4.31. The highest BCUT2D eigenvalue weighted by atomic mass is 16.3. The molecule has 2 atom stereocenters. The molecule has 1 fully saturated rings. The lowest BCUT2D eigenvalue weighted by atomic mass is 9.96.